The largest absolute Gasteiger partial charge is 0.444 e. The van der Waals surface area contributed by atoms with E-state index in [1.54, 1.807) is 41.3 Å². The number of fused-ring (bicyclic) bond motifs is 2. The van der Waals surface area contributed by atoms with Gasteiger partial charge in [-0.15, -0.1) is 11.3 Å². The van der Waals surface area contributed by atoms with E-state index in [-0.39, 0.29) is 29.5 Å². The second-order valence-corrected chi connectivity index (χ2v) is 14.2. The normalized spacial score (nSPS) is 18.4. The Labute approximate surface area is 231 Å². The van der Waals surface area contributed by atoms with E-state index in [0.29, 0.717) is 42.4 Å². The molecule has 1 saturated heterocycles. The lowest BCUT2D eigenvalue weighted by molar-refractivity contribution is 0.0225. The van der Waals surface area contributed by atoms with Gasteiger partial charge in [0.15, 0.2) is 0 Å². The minimum absolute atomic E-state index is 0.213. The van der Waals surface area contributed by atoms with Gasteiger partial charge in [0.25, 0.3) is 5.91 Å². The number of carbonyl (C=O) groups excluding carboxylic acids is 2. The SMILES string of the molecule is CC(C)(C)OC(=O)N1CCc2sc(C(=O)N[C@H]3CCN(S(=O)(=O)c4ccc5cc(Cl)ccc5c4)C3)cc2C1. The van der Waals surface area contributed by atoms with Crippen molar-refractivity contribution in [2.45, 2.75) is 56.7 Å². The molecule has 5 rings (SSSR count). The maximum Gasteiger partial charge on any atom is 0.410 e. The zero-order valence-electron chi connectivity index (χ0n) is 21.5. The summed E-state index contributed by atoms with van der Waals surface area (Å²) in [4.78, 5) is 29.0. The summed E-state index contributed by atoms with van der Waals surface area (Å²) in [5.74, 6) is -0.222. The number of thiophene rings is 1. The monoisotopic (exact) mass is 575 g/mol. The van der Waals surface area contributed by atoms with Gasteiger partial charge in [-0.3, -0.25) is 4.79 Å². The molecule has 202 valence electrons. The van der Waals surface area contributed by atoms with E-state index in [1.165, 1.54) is 15.6 Å². The Balaban J connectivity index is 1.22. The van der Waals surface area contributed by atoms with Gasteiger partial charge in [0.2, 0.25) is 10.0 Å². The highest BCUT2D eigenvalue weighted by Crippen LogP contribution is 2.30. The van der Waals surface area contributed by atoms with Crippen molar-refractivity contribution in [2.24, 2.45) is 0 Å². The number of nitrogens with zero attached hydrogens (tertiary/aromatic N) is 2. The summed E-state index contributed by atoms with van der Waals surface area (Å²) in [6.45, 7) is 6.99. The molecular weight excluding hydrogens is 546 g/mol. The first-order chi connectivity index (χ1) is 17.9. The molecule has 0 spiro atoms. The van der Waals surface area contributed by atoms with E-state index in [4.69, 9.17) is 16.3 Å². The van der Waals surface area contributed by atoms with Crippen LogP contribution in [0.25, 0.3) is 10.8 Å². The Morgan fingerprint density at radius 1 is 1.08 bits per heavy atom. The number of halogens is 1. The molecule has 0 aliphatic carbocycles. The van der Waals surface area contributed by atoms with Crippen LogP contribution in [0.1, 0.15) is 47.3 Å². The summed E-state index contributed by atoms with van der Waals surface area (Å²) in [6.07, 6.45) is 0.842. The lowest BCUT2D eigenvalue weighted by Crippen LogP contribution is -2.39. The summed E-state index contributed by atoms with van der Waals surface area (Å²) in [7, 11) is -3.70. The maximum absolute atomic E-state index is 13.3. The quantitative estimate of drug-likeness (QED) is 0.470. The van der Waals surface area contributed by atoms with Crippen LogP contribution in [0.3, 0.4) is 0 Å². The fourth-order valence-electron chi connectivity index (χ4n) is 4.75. The van der Waals surface area contributed by atoms with Crippen molar-refractivity contribution in [1.29, 1.82) is 0 Å². The van der Waals surface area contributed by atoms with Crippen molar-refractivity contribution in [2.75, 3.05) is 19.6 Å². The van der Waals surface area contributed by atoms with Gasteiger partial charge < -0.3 is 15.0 Å². The third-order valence-corrected chi connectivity index (χ3v) is 9.97. The summed E-state index contributed by atoms with van der Waals surface area (Å²) < 4.78 is 33.5. The number of carbonyl (C=O) groups is 2. The second kappa shape index (κ2) is 10.1. The molecule has 38 heavy (non-hydrogen) atoms. The zero-order chi connectivity index (χ0) is 27.2. The number of nitrogens with one attached hydrogen (secondary N) is 1. The number of sulfonamides is 1. The Morgan fingerprint density at radius 3 is 2.58 bits per heavy atom. The Kier molecular flexibility index (Phi) is 7.19. The Hall–Kier alpha value is -2.66. The molecule has 2 aliphatic heterocycles. The average Bonchev–Trinajstić information content (AvgIpc) is 3.49. The van der Waals surface area contributed by atoms with E-state index in [9.17, 15) is 18.0 Å². The molecule has 2 aliphatic rings. The van der Waals surface area contributed by atoms with Gasteiger partial charge in [-0.05, 0) is 80.3 Å². The van der Waals surface area contributed by atoms with Crippen LogP contribution < -0.4 is 5.32 Å². The second-order valence-electron chi connectivity index (χ2n) is 10.7. The number of amides is 2. The summed E-state index contributed by atoms with van der Waals surface area (Å²) in [5, 5.41) is 5.27. The number of hydrogen-bond acceptors (Lipinski definition) is 6. The van der Waals surface area contributed by atoms with Crippen LogP contribution in [0.5, 0.6) is 0 Å². The molecule has 0 saturated carbocycles. The molecule has 1 aromatic heterocycles. The Morgan fingerprint density at radius 2 is 1.82 bits per heavy atom. The molecule has 1 N–H and O–H groups in total. The van der Waals surface area contributed by atoms with Crippen molar-refractivity contribution < 1.29 is 22.7 Å². The maximum atomic E-state index is 13.3. The van der Waals surface area contributed by atoms with Crippen LogP contribution in [0, 0.1) is 0 Å². The van der Waals surface area contributed by atoms with Crippen LogP contribution >= 0.6 is 22.9 Å². The zero-order valence-corrected chi connectivity index (χ0v) is 23.9. The molecule has 1 fully saturated rings. The first-order valence-electron chi connectivity index (χ1n) is 12.5. The summed E-state index contributed by atoms with van der Waals surface area (Å²) in [6, 6.07) is 11.9. The molecule has 0 radical (unpaired) electrons. The highest BCUT2D eigenvalue weighted by atomic mass is 35.5. The van der Waals surface area contributed by atoms with Gasteiger partial charge in [-0.25, -0.2) is 13.2 Å². The van der Waals surface area contributed by atoms with E-state index in [2.05, 4.69) is 5.32 Å². The minimum atomic E-state index is -3.70. The average molecular weight is 576 g/mol. The molecule has 2 amide bonds. The van der Waals surface area contributed by atoms with Crippen molar-refractivity contribution in [1.82, 2.24) is 14.5 Å². The number of rotatable bonds is 4. The van der Waals surface area contributed by atoms with Gasteiger partial charge >= 0.3 is 6.09 Å². The van der Waals surface area contributed by atoms with Gasteiger partial charge in [-0.1, -0.05) is 23.7 Å². The number of hydrogen-bond donors (Lipinski definition) is 1. The highest BCUT2D eigenvalue weighted by molar-refractivity contribution is 7.89. The van der Waals surface area contributed by atoms with Crippen molar-refractivity contribution in [3.8, 4) is 0 Å². The third-order valence-electron chi connectivity index (χ3n) is 6.64. The summed E-state index contributed by atoms with van der Waals surface area (Å²) in [5.41, 5.74) is 0.382. The van der Waals surface area contributed by atoms with E-state index in [0.717, 1.165) is 21.2 Å². The molecule has 3 heterocycles. The number of ether oxygens (including phenoxy) is 1. The van der Waals surface area contributed by atoms with Crippen LogP contribution in [-0.2, 0) is 27.7 Å². The van der Waals surface area contributed by atoms with Crippen LogP contribution in [0.4, 0.5) is 4.79 Å². The van der Waals surface area contributed by atoms with Gasteiger partial charge in [-0.2, -0.15) is 4.31 Å². The lowest BCUT2D eigenvalue weighted by atomic mass is 10.1. The van der Waals surface area contributed by atoms with E-state index >= 15 is 0 Å². The molecule has 3 aromatic rings. The molecule has 2 aromatic carbocycles. The highest BCUT2D eigenvalue weighted by Gasteiger charge is 2.34. The molecular formula is C27H30ClN3O5S2. The lowest BCUT2D eigenvalue weighted by Gasteiger charge is -2.29. The standard InChI is InChI=1S/C27H30ClN3O5S2/c1-27(2,3)36-26(33)30-10-9-23-19(15-30)14-24(37-23)25(32)29-21-8-11-31(16-21)38(34,35)22-7-5-17-12-20(28)6-4-18(17)13-22/h4-7,12-14,21H,8-11,15-16H2,1-3H3,(H,29,32)/t21-/m0/s1. The predicted octanol–water partition coefficient (Wildman–Crippen LogP) is 5.04. The van der Waals surface area contributed by atoms with Crippen LogP contribution in [-0.4, -0.2) is 60.9 Å². The third kappa shape index (κ3) is 5.68. The van der Waals surface area contributed by atoms with Crippen LogP contribution in [0.15, 0.2) is 47.4 Å². The van der Waals surface area contributed by atoms with Gasteiger partial charge in [0, 0.05) is 35.6 Å². The van der Waals surface area contributed by atoms with Crippen molar-refractivity contribution >= 4 is 55.7 Å². The Bertz CT molecular complexity index is 1510. The number of benzene rings is 2. The van der Waals surface area contributed by atoms with Crippen LogP contribution in [0.2, 0.25) is 5.02 Å². The van der Waals surface area contributed by atoms with E-state index < -0.39 is 15.6 Å². The molecule has 0 unspecified atom stereocenters. The predicted molar refractivity (Wildman–Crippen MR) is 148 cm³/mol. The van der Waals surface area contributed by atoms with Crippen molar-refractivity contribution in [3.05, 3.63) is 62.8 Å². The topological polar surface area (TPSA) is 96.0 Å². The molecule has 0 bridgehead atoms. The molecule has 1 atom stereocenters. The molecule has 8 nitrogen and oxygen atoms in total. The smallest absolute Gasteiger partial charge is 0.410 e. The first kappa shape index (κ1) is 26.9. The van der Waals surface area contributed by atoms with E-state index in [1.807, 2.05) is 26.8 Å². The molecule has 11 heteroatoms. The first-order valence-corrected chi connectivity index (χ1v) is 15.1. The van der Waals surface area contributed by atoms with Gasteiger partial charge in [0.1, 0.15) is 5.60 Å². The van der Waals surface area contributed by atoms with Crippen molar-refractivity contribution in [3.63, 3.8) is 0 Å². The fourth-order valence-corrected chi connectivity index (χ4v) is 7.54. The fraction of sp³-hybridized carbons (Fsp3) is 0.407. The minimum Gasteiger partial charge on any atom is -0.444 e. The van der Waals surface area contributed by atoms with Gasteiger partial charge in [0.05, 0.1) is 16.3 Å². The summed E-state index contributed by atoms with van der Waals surface area (Å²) >= 11 is 7.47.